The van der Waals surface area contributed by atoms with Crippen molar-refractivity contribution in [2.45, 2.75) is 180 Å². The largest absolute Gasteiger partial charge is 0.382 e. The third-order valence-corrected chi connectivity index (χ3v) is 18.1. The van der Waals surface area contributed by atoms with E-state index in [1.807, 2.05) is 0 Å². The van der Waals surface area contributed by atoms with Gasteiger partial charge in [-0.2, -0.15) is 0 Å². The minimum Gasteiger partial charge on any atom is -0.382 e. The Kier molecular flexibility index (Phi) is 31.9. The molecule has 0 spiro atoms. The second kappa shape index (κ2) is 31.0. The highest BCUT2D eigenvalue weighted by Gasteiger charge is 2.24. The predicted octanol–water partition coefficient (Wildman–Crippen LogP) is 11.0. The third kappa shape index (κ3) is 22.7. The van der Waals surface area contributed by atoms with Crippen LogP contribution in [0.4, 0.5) is 0 Å². The summed E-state index contributed by atoms with van der Waals surface area (Å²) in [5, 5.41) is 0. The molecule has 230 valence electrons. The van der Waals surface area contributed by atoms with E-state index in [-0.39, 0.29) is 0 Å². The summed E-state index contributed by atoms with van der Waals surface area (Å²) in [6.07, 6.45) is 21.6. The third-order valence-electron chi connectivity index (χ3n) is 7.89. The molecular weight excluding hydrogens is 537 g/mol. The highest BCUT2D eigenvalue weighted by Crippen LogP contribution is 2.28. The van der Waals surface area contributed by atoms with Crippen LogP contribution in [0.15, 0.2) is 0 Å². The molecule has 0 aromatic heterocycles. The summed E-state index contributed by atoms with van der Waals surface area (Å²) in [6.45, 7) is 15.8. The smallest absolute Gasteiger partial charge is 0.0717 e. The van der Waals surface area contributed by atoms with Gasteiger partial charge in [-0.3, -0.25) is 0 Å². The summed E-state index contributed by atoms with van der Waals surface area (Å²) in [7, 11) is 2.59. The van der Waals surface area contributed by atoms with Crippen molar-refractivity contribution in [1.82, 2.24) is 0 Å². The Morgan fingerprint density at radius 1 is 0.447 bits per heavy atom. The lowest BCUT2D eigenvalue weighted by Crippen LogP contribution is -2.34. The molecule has 0 saturated carbocycles. The van der Waals surface area contributed by atoms with Crippen LogP contribution in [0.3, 0.4) is 0 Å². The SMILES string of the molecule is CCCCC[SiH](CCCCC)C(CCSSCCC(OCCC)[SiH](CCCCC)CCCCC)OCCC. The van der Waals surface area contributed by atoms with E-state index >= 15 is 0 Å². The molecule has 38 heavy (non-hydrogen) atoms. The van der Waals surface area contributed by atoms with Gasteiger partial charge in [0.2, 0.25) is 0 Å². The quantitative estimate of drug-likeness (QED) is 0.0443. The topological polar surface area (TPSA) is 18.5 Å². The van der Waals surface area contributed by atoms with Gasteiger partial charge in [0.15, 0.2) is 0 Å². The van der Waals surface area contributed by atoms with E-state index in [0.717, 1.165) is 26.1 Å². The lowest BCUT2D eigenvalue weighted by atomic mass is 10.3. The molecule has 0 saturated heterocycles. The Morgan fingerprint density at radius 2 is 0.763 bits per heavy atom. The van der Waals surface area contributed by atoms with Crippen LogP contribution in [0.2, 0.25) is 24.2 Å². The first kappa shape index (κ1) is 39.1. The molecule has 0 aliphatic heterocycles. The molecule has 0 heterocycles. The van der Waals surface area contributed by atoms with Gasteiger partial charge in [-0.05, 0) is 25.7 Å². The highest BCUT2D eigenvalue weighted by molar-refractivity contribution is 8.76. The van der Waals surface area contributed by atoms with Gasteiger partial charge in [-0.1, -0.05) is 164 Å². The van der Waals surface area contributed by atoms with Crippen LogP contribution < -0.4 is 0 Å². The first-order chi connectivity index (χ1) is 18.7. The maximum Gasteiger partial charge on any atom is 0.0717 e. The standard InChI is InChI=1S/C32H70O2S2Si2/c1-7-13-17-27-37(28-18-14-8-2)31(33-23-11-5)21-25-35-36-26-22-32(34-24-12-6)38(29-19-15-9-3)30-20-16-10-4/h31-32,37-38H,7-30H2,1-6H3. The van der Waals surface area contributed by atoms with Gasteiger partial charge in [-0.25, -0.2) is 0 Å². The van der Waals surface area contributed by atoms with E-state index in [4.69, 9.17) is 9.47 Å². The molecule has 0 bridgehead atoms. The van der Waals surface area contributed by atoms with Crippen LogP contribution in [0.5, 0.6) is 0 Å². The zero-order valence-corrected chi connectivity index (χ0v) is 30.9. The van der Waals surface area contributed by atoms with Crippen molar-refractivity contribution in [2.75, 3.05) is 24.7 Å². The summed E-state index contributed by atoms with van der Waals surface area (Å²) >= 11 is 0. The van der Waals surface area contributed by atoms with Crippen molar-refractivity contribution in [3.05, 3.63) is 0 Å². The van der Waals surface area contributed by atoms with Crippen LogP contribution in [0.1, 0.15) is 144 Å². The average Bonchev–Trinajstić information content (AvgIpc) is 2.92. The maximum atomic E-state index is 6.55. The second-order valence-electron chi connectivity index (χ2n) is 11.5. The second-order valence-corrected chi connectivity index (χ2v) is 21.1. The molecule has 0 aliphatic rings. The van der Waals surface area contributed by atoms with Crippen molar-refractivity contribution >= 4 is 39.2 Å². The van der Waals surface area contributed by atoms with E-state index in [2.05, 4.69) is 63.1 Å². The monoisotopic (exact) mass is 606 g/mol. The number of rotatable bonds is 31. The molecule has 0 aliphatic carbocycles. The predicted molar refractivity (Wildman–Crippen MR) is 186 cm³/mol. The van der Waals surface area contributed by atoms with Crippen molar-refractivity contribution in [3.8, 4) is 0 Å². The maximum absolute atomic E-state index is 6.55. The summed E-state index contributed by atoms with van der Waals surface area (Å²) in [4.78, 5) is 0. The number of ether oxygens (including phenoxy) is 2. The highest BCUT2D eigenvalue weighted by atomic mass is 33.1. The Hall–Kier alpha value is 1.05. The summed E-state index contributed by atoms with van der Waals surface area (Å²) in [5.41, 5.74) is 1.21. The molecule has 0 rings (SSSR count). The van der Waals surface area contributed by atoms with Crippen LogP contribution >= 0.6 is 21.6 Å². The fourth-order valence-corrected chi connectivity index (χ4v) is 15.6. The van der Waals surface area contributed by atoms with Crippen molar-refractivity contribution in [3.63, 3.8) is 0 Å². The van der Waals surface area contributed by atoms with E-state index in [9.17, 15) is 0 Å². The van der Waals surface area contributed by atoms with Crippen LogP contribution in [0, 0.1) is 0 Å². The molecule has 0 aromatic rings. The Morgan fingerprint density at radius 3 is 1.03 bits per heavy atom. The first-order valence-electron chi connectivity index (χ1n) is 17.2. The Bertz CT molecular complexity index is 399. The minimum atomic E-state index is -0.833. The number of hydrogen-bond donors (Lipinski definition) is 0. The molecule has 0 radical (unpaired) electrons. The van der Waals surface area contributed by atoms with Gasteiger partial charge in [0.05, 0.1) is 17.6 Å². The number of hydrogen-bond acceptors (Lipinski definition) is 4. The van der Waals surface area contributed by atoms with E-state index in [0.29, 0.717) is 11.5 Å². The normalized spacial score (nSPS) is 13.6. The lowest BCUT2D eigenvalue weighted by molar-refractivity contribution is 0.0997. The van der Waals surface area contributed by atoms with Gasteiger partial charge in [0.1, 0.15) is 0 Å². The molecular formula is C32H70O2S2Si2. The molecule has 2 nitrogen and oxygen atoms in total. The van der Waals surface area contributed by atoms with Gasteiger partial charge in [0, 0.05) is 36.2 Å². The molecule has 2 atom stereocenters. The fourth-order valence-electron chi connectivity index (χ4n) is 5.55. The Balaban J connectivity index is 4.76. The summed E-state index contributed by atoms with van der Waals surface area (Å²) in [5.74, 6) is 2.52. The average molecular weight is 607 g/mol. The Labute approximate surface area is 252 Å². The molecule has 0 fully saturated rings. The molecule has 0 amide bonds. The molecule has 6 heteroatoms. The molecule has 0 aromatic carbocycles. The zero-order valence-electron chi connectivity index (χ0n) is 26.9. The van der Waals surface area contributed by atoms with E-state index in [1.54, 1.807) is 0 Å². The van der Waals surface area contributed by atoms with Crippen molar-refractivity contribution < 1.29 is 9.47 Å². The van der Waals surface area contributed by atoms with E-state index in [1.165, 1.54) is 126 Å². The van der Waals surface area contributed by atoms with Crippen LogP contribution in [-0.2, 0) is 9.47 Å². The minimum absolute atomic E-state index is 0.603. The van der Waals surface area contributed by atoms with Crippen LogP contribution in [-0.4, -0.2) is 53.8 Å². The summed E-state index contributed by atoms with van der Waals surface area (Å²) in [6, 6.07) is 6.01. The van der Waals surface area contributed by atoms with Gasteiger partial charge in [0.25, 0.3) is 0 Å². The van der Waals surface area contributed by atoms with Gasteiger partial charge in [-0.15, -0.1) is 0 Å². The van der Waals surface area contributed by atoms with Gasteiger partial charge < -0.3 is 9.47 Å². The van der Waals surface area contributed by atoms with Gasteiger partial charge >= 0.3 is 0 Å². The fraction of sp³-hybridized carbons (Fsp3) is 1.00. The van der Waals surface area contributed by atoms with Crippen molar-refractivity contribution in [1.29, 1.82) is 0 Å². The molecule has 2 unspecified atom stereocenters. The summed E-state index contributed by atoms with van der Waals surface area (Å²) < 4.78 is 13.1. The number of unbranched alkanes of at least 4 members (excludes halogenated alkanes) is 8. The van der Waals surface area contributed by atoms with Crippen LogP contribution in [0.25, 0.3) is 0 Å². The first-order valence-corrected chi connectivity index (χ1v) is 24.2. The zero-order chi connectivity index (χ0) is 28.1. The molecule has 0 N–H and O–H groups in total. The van der Waals surface area contributed by atoms with Crippen molar-refractivity contribution in [2.24, 2.45) is 0 Å². The van der Waals surface area contributed by atoms with E-state index < -0.39 is 17.6 Å². The lowest BCUT2D eigenvalue weighted by Gasteiger charge is -2.27.